The number of anilines is 1. The third-order valence-corrected chi connectivity index (χ3v) is 2.89. The van der Waals surface area contributed by atoms with Gasteiger partial charge in [-0.05, 0) is 50.2 Å². The summed E-state index contributed by atoms with van der Waals surface area (Å²) in [6, 6.07) is 12.3. The summed E-state index contributed by atoms with van der Waals surface area (Å²) in [6.07, 6.45) is -0.626. The van der Waals surface area contributed by atoms with E-state index in [-0.39, 0.29) is 5.91 Å². The van der Waals surface area contributed by atoms with Crippen molar-refractivity contribution in [1.82, 2.24) is 4.98 Å². The molecule has 1 atom stereocenters. The highest BCUT2D eigenvalue weighted by molar-refractivity contribution is 6.30. The predicted octanol–water partition coefficient (Wildman–Crippen LogP) is 3.45. The van der Waals surface area contributed by atoms with Gasteiger partial charge in [0.2, 0.25) is 0 Å². The second-order valence-corrected chi connectivity index (χ2v) is 4.80. The van der Waals surface area contributed by atoms with Gasteiger partial charge in [0.15, 0.2) is 6.10 Å². The van der Waals surface area contributed by atoms with Crippen LogP contribution in [0, 0.1) is 6.92 Å². The van der Waals surface area contributed by atoms with E-state index in [4.69, 9.17) is 16.3 Å². The third kappa shape index (κ3) is 3.96. The molecule has 0 spiro atoms. The van der Waals surface area contributed by atoms with Gasteiger partial charge in [0.1, 0.15) is 11.6 Å². The number of hydrogen-bond donors (Lipinski definition) is 1. The van der Waals surface area contributed by atoms with Crippen molar-refractivity contribution >= 4 is 23.3 Å². The largest absolute Gasteiger partial charge is 0.481 e. The summed E-state index contributed by atoms with van der Waals surface area (Å²) < 4.78 is 5.54. The third-order valence-electron chi connectivity index (χ3n) is 2.64. The molecule has 1 unspecified atom stereocenters. The van der Waals surface area contributed by atoms with Gasteiger partial charge in [-0.25, -0.2) is 4.98 Å². The number of benzene rings is 1. The first-order chi connectivity index (χ1) is 9.54. The smallest absolute Gasteiger partial charge is 0.266 e. The van der Waals surface area contributed by atoms with Crippen LogP contribution in [0.15, 0.2) is 42.5 Å². The van der Waals surface area contributed by atoms with Crippen LogP contribution >= 0.6 is 11.6 Å². The molecule has 0 saturated heterocycles. The molecule has 20 heavy (non-hydrogen) atoms. The summed E-state index contributed by atoms with van der Waals surface area (Å²) in [5, 5.41) is 3.34. The molecule has 2 aromatic rings. The number of nitrogens with one attached hydrogen (secondary N) is 1. The van der Waals surface area contributed by atoms with Gasteiger partial charge in [0.25, 0.3) is 5.91 Å². The Kier molecular flexibility index (Phi) is 4.58. The van der Waals surface area contributed by atoms with Crippen LogP contribution in [0.2, 0.25) is 5.02 Å². The van der Waals surface area contributed by atoms with Crippen molar-refractivity contribution in [2.24, 2.45) is 0 Å². The van der Waals surface area contributed by atoms with Crippen LogP contribution in [0.3, 0.4) is 0 Å². The first-order valence-electron chi connectivity index (χ1n) is 6.21. The fourth-order valence-electron chi connectivity index (χ4n) is 1.61. The Morgan fingerprint density at radius 2 is 1.95 bits per heavy atom. The normalized spacial score (nSPS) is 11.8. The van der Waals surface area contributed by atoms with Crippen molar-refractivity contribution in [3.63, 3.8) is 0 Å². The molecule has 0 aliphatic rings. The van der Waals surface area contributed by atoms with Crippen LogP contribution in [-0.4, -0.2) is 17.0 Å². The number of aryl methyl sites for hydroxylation is 1. The zero-order valence-corrected chi connectivity index (χ0v) is 12.0. The Morgan fingerprint density at radius 3 is 2.60 bits per heavy atom. The number of nitrogens with zero attached hydrogens (tertiary/aromatic N) is 1. The summed E-state index contributed by atoms with van der Waals surface area (Å²) in [6.45, 7) is 3.54. The Balaban J connectivity index is 1.96. The molecule has 0 saturated carbocycles. The molecule has 0 fully saturated rings. The molecule has 2 rings (SSSR count). The minimum absolute atomic E-state index is 0.252. The maximum absolute atomic E-state index is 12.0. The highest BCUT2D eigenvalue weighted by atomic mass is 35.5. The Bertz CT molecular complexity index is 599. The monoisotopic (exact) mass is 290 g/mol. The Labute approximate surface area is 122 Å². The number of ether oxygens (including phenoxy) is 1. The van der Waals surface area contributed by atoms with Crippen molar-refractivity contribution in [3.05, 3.63) is 53.2 Å². The molecule has 104 valence electrons. The maximum Gasteiger partial charge on any atom is 0.266 e. The molecule has 0 aliphatic carbocycles. The first-order valence-corrected chi connectivity index (χ1v) is 6.59. The fraction of sp³-hybridized carbons (Fsp3) is 0.200. The number of carbonyl (C=O) groups excluding carboxylic acids is 1. The van der Waals surface area contributed by atoms with Crippen LogP contribution in [-0.2, 0) is 4.79 Å². The lowest BCUT2D eigenvalue weighted by molar-refractivity contribution is -0.122. The summed E-state index contributed by atoms with van der Waals surface area (Å²) in [7, 11) is 0. The molecule has 1 N–H and O–H groups in total. The second-order valence-electron chi connectivity index (χ2n) is 4.37. The summed E-state index contributed by atoms with van der Waals surface area (Å²) in [5.74, 6) is 0.855. The number of pyridine rings is 1. The minimum atomic E-state index is -0.626. The van der Waals surface area contributed by atoms with Crippen molar-refractivity contribution in [2.75, 3.05) is 5.32 Å². The van der Waals surface area contributed by atoms with E-state index in [1.165, 1.54) is 0 Å². The van der Waals surface area contributed by atoms with E-state index in [9.17, 15) is 4.79 Å². The average molecular weight is 291 g/mol. The Hall–Kier alpha value is -2.07. The van der Waals surface area contributed by atoms with Gasteiger partial charge >= 0.3 is 0 Å². The molecule has 1 amide bonds. The number of carbonyl (C=O) groups is 1. The van der Waals surface area contributed by atoms with Crippen LogP contribution < -0.4 is 10.1 Å². The Morgan fingerprint density at radius 1 is 1.25 bits per heavy atom. The molecule has 1 heterocycles. The molecule has 4 nitrogen and oxygen atoms in total. The highest BCUT2D eigenvalue weighted by Crippen LogP contribution is 2.17. The van der Waals surface area contributed by atoms with Crippen molar-refractivity contribution in [1.29, 1.82) is 0 Å². The van der Waals surface area contributed by atoms with Gasteiger partial charge < -0.3 is 10.1 Å². The number of hydrogen-bond acceptors (Lipinski definition) is 3. The topological polar surface area (TPSA) is 51.2 Å². The number of rotatable bonds is 4. The standard InChI is InChI=1S/C15H15ClN2O2/c1-10-4-3-5-14(17-10)18-15(19)11(2)20-13-8-6-12(16)7-9-13/h3-9,11H,1-2H3,(H,17,18,19). The SMILES string of the molecule is Cc1cccc(NC(=O)C(C)Oc2ccc(Cl)cc2)n1. The zero-order valence-electron chi connectivity index (χ0n) is 11.3. The van der Waals surface area contributed by atoms with Gasteiger partial charge in [-0.2, -0.15) is 0 Å². The van der Waals surface area contributed by atoms with Crippen LogP contribution in [0.1, 0.15) is 12.6 Å². The lowest BCUT2D eigenvalue weighted by Gasteiger charge is -2.14. The molecule has 0 bridgehead atoms. The van der Waals surface area contributed by atoms with Crippen molar-refractivity contribution in [2.45, 2.75) is 20.0 Å². The second kappa shape index (κ2) is 6.39. The molecular weight excluding hydrogens is 276 g/mol. The quantitative estimate of drug-likeness (QED) is 0.938. The van der Waals surface area contributed by atoms with Gasteiger partial charge in [-0.1, -0.05) is 17.7 Å². The van der Waals surface area contributed by atoms with Gasteiger partial charge in [-0.3, -0.25) is 4.79 Å². The van der Waals surface area contributed by atoms with E-state index in [0.717, 1.165) is 5.69 Å². The highest BCUT2D eigenvalue weighted by Gasteiger charge is 2.15. The van der Waals surface area contributed by atoms with Gasteiger partial charge in [0, 0.05) is 10.7 Å². The fourth-order valence-corrected chi connectivity index (χ4v) is 1.74. The first kappa shape index (κ1) is 14.3. The van der Waals surface area contributed by atoms with Crippen LogP contribution in [0.4, 0.5) is 5.82 Å². The minimum Gasteiger partial charge on any atom is -0.481 e. The summed E-state index contributed by atoms with van der Waals surface area (Å²) in [4.78, 5) is 16.2. The zero-order chi connectivity index (χ0) is 14.5. The lowest BCUT2D eigenvalue weighted by atomic mass is 10.3. The molecular formula is C15H15ClN2O2. The van der Waals surface area contributed by atoms with E-state index < -0.39 is 6.10 Å². The van der Waals surface area contributed by atoms with Crippen LogP contribution in [0.25, 0.3) is 0 Å². The molecule has 5 heteroatoms. The van der Waals surface area contributed by atoms with Crippen molar-refractivity contribution < 1.29 is 9.53 Å². The predicted molar refractivity (Wildman–Crippen MR) is 79.1 cm³/mol. The number of halogens is 1. The average Bonchev–Trinajstić information content (AvgIpc) is 2.41. The molecule has 1 aromatic heterocycles. The number of amides is 1. The van der Waals surface area contributed by atoms with Crippen molar-refractivity contribution in [3.8, 4) is 5.75 Å². The van der Waals surface area contributed by atoms with E-state index in [2.05, 4.69) is 10.3 Å². The molecule has 0 aliphatic heterocycles. The maximum atomic E-state index is 12.0. The van der Waals surface area contributed by atoms with E-state index in [1.54, 1.807) is 37.3 Å². The van der Waals surface area contributed by atoms with Gasteiger partial charge in [-0.15, -0.1) is 0 Å². The van der Waals surface area contributed by atoms with E-state index in [1.807, 2.05) is 19.1 Å². The molecule has 0 radical (unpaired) electrons. The molecule has 1 aromatic carbocycles. The van der Waals surface area contributed by atoms with E-state index in [0.29, 0.717) is 16.6 Å². The number of aromatic nitrogens is 1. The van der Waals surface area contributed by atoms with E-state index >= 15 is 0 Å². The van der Waals surface area contributed by atoms with Crippen LogP contribution in [0.5, 0.6) is 5.75 Å². The summed E-state index contributed by atoms with van der Waals surface area (Å²) >= 11 is 5.79. The summed E-state index contributed by atoms with van der Waals surface area (Å²) in [5.41, 5.74) is 0.842. The van der Waals surface area contributed by atoms with Gasteiger partial charge in [0.05, 0.1) is 0 Å². The lowest BCUT2D eigenvalue weighted by Crippen LogP contribution is -2.30.